The minimum absolute atomic E-state index is 0.108. The minimum Gasteiger partial charge on any atom is -0.352 e. The predicted molar refractivity (Wildman–Crippen MR) is 72.5 cm³/mol. The van der Waals surface area contributed by atoms with E-state index in [-0.39, 0.29) is 5.91 Å². The van der Waals surface area contributed by atoms with E-state index in [1.165, 1.54) is 0 Å². The molecule has 5 heteroatoms. The molecule has 1 aromatic carbocycles. The molecule has 1 aliphatic rings. The lowest BCUT2D eigenvalue weighted by atomic mass is 10.1. The second kappa shape index (κ2) is 5.85. The maximum atomic E-state index is 11.9. The minimum atomic E-state index is -0.108. The van der Waals surface area contributed by atoms with Gasteiger partial charge in [-0.3, -0.25) is 4.79 Å². The van der Waals surface area contributed by atoms with Crippen molar-refractivity contribution in [3.8, 4) is 0 Å². The van der Waals surface area contributed by atoms with Crippen LogP contribution in [-0.4, -0.2) is 25.5 Å². The quantitative estimate of drug-likeness (QED) is 0.899. The fourth-order valence-corrected chi connectivity index (χ4v) is 2.48. The lowest BCUT2D eigenvalue weighted by molar-refractivity contribution is 0.0948. The number of carbonyl (C=O) groups excluding carboxylic acids is 1. The third-order valence-electron chi connectivity index (χ3n) is 2.91. The number of hydrogen-bond acceptors (Lipinski definition) is 2. The zero-order valence-electron chi connectivity index (χ0n) is 9.30. The van der Waals surface area contributed by atoms with Gasteiger partial charge in [-0.1, -0.05) is 17.7 Å². The molecule has 2 rings (SSSR count). The van der Waals surface area contributed by atoms with Gasteiger partial charge in [-0.05, 0) is 53.5 Å². The van der Waals surface area contributed by atoms with Crippen molar-refractivity contribution in [2.45, 2.75) is 6.42 Å². The topological polar surface area (TPSA) is 41.1 Å². The molecule has 1 heterocycles. The van der Waals surface area contributed by atoms with E-state index >= 15 is 0 Å². The molecule has 0 saturated carbocycles. The standard InChI is InChI=1S/C12H14BrClN2O/c13-10-3-1-2-9(11(10)14)12(17)16-7-8-4-5-15-6-8/h1-3,8,15H,4-7H2,(H,16,17). The fourth-order valence-electron chi connectivity index (χ4n) is 1.90. The molecule has 1 fully saturated rings. The van der Waals surface area contributed by atoms with Gasteiger partial charge in [0, 0.05) is 11.0 Å². The summed E-state index contributed by atoms with van der Waals surface area (Å²) in [5.74, 6) is 0.424. The van der Waals surface area contributed by atoms with E-state index in [4.69, 9.17) is 11.6 Å². The van der Waals surface area contributed by atoms with E-state index in [1.54, 1.807) is 6.07 Å². The number of rotatable bonds is 3. The highest BCUT2D eigenvalue weighted by Gasteiger charge is 2.17. The van der Waals surface area contributed by atoms with Gasteiger partial charge in [-0.25, -0.2) is 0 Å². The van der Waals surface area contributed by atoms with E-state index in [0.29, 0.717) is 23.0 Å². The summed E-state index contributed by atoms with van der Waals surface area (Å²) in [6, 6.07) is 5.36. The lowest BCUT2D eigenvalue weighted by Crippen LogP contribution is -2.30. The van der Waals surface area contributed by atoms with Crippen molar-refractivity contribution >= 4 is 33.4 Å². The van der Waals surface area contributed by atoms with Crippen LogP contribution in [0.1, 0.15) is 16.8 Å². The first-order chi connectivity index (χ1) is 8.18. The molecule has 0 aliphatic carbocycles. The highest BCUT2D eigenvalue weighted by atomic mass is 79.9. The summed E-state index contributed by atoms with van der Waals surface area (Å²) < 4.78 is 0.745. The van der Waals surface area contributed by atoms with Gasteiger partial charge < -0.3 is 10.6 Å². The van der Waals surface area contributed by atoms with Crippen molar-refractivity contribution < 1.29 is 4.79 Å². The molecule has 1 atom stereocenters. The van der Waals surface area contributed by atoms with Crippen molar-refractivity contribution in [3.63, 3.8) is 0 Å². The Bertz CT molecular complexity index is 419. The van der Waals surface area contributed by atoms with Crippen LogP contribution in [0.25, 0.3) is 0 Å². The lowest BCUT2D eigenvalue weighted by Gasteiger charge is -2.11. The van der Waals surface area contributed by atoms with Crippen LogP contribution in [0, 0.1) is 5.92 Å². The predicted octanol–water partition coefficient (Wildman–Crippen LogP) is 2.44. The molecule has 0 bridgehead atoms. The molecule has 0 radical (unpaired) electrons. The maximum Gasteiger partial charge on any atom is 0.252 e. The molecule has 92 valence electrons. The van der Waals surface area contributed by atoms with Gasteiger partial charge in [-0.15, -0.1) is 0 Å². The maximum absolute atomic E-state index is 11.9. The normalized spacial score (nSPS) is 19.3. The van der Waals surface area contributed by atoms with Crippen molar-refractivity contribution in [1.29, 1.82) is 0 Å². The average molecular weight is 318 g/mol. The van der Waals surface area contributed by atoms with Crippen LogP contribution in [0.2, 0.25) is 5.02 Å². The van der Waals surface area contributed by atoms with Crippen molar-refractivity contribution in [2.75, 3.05) is 19.6 Å². The van der Waals surface area contributed by atoms with Crippen LogP contribution in [0.3, 0.4) is 0 Å². The second-order valence-corrected chi connectivity index (χ2v) is 5.40. The molecule has 1 aliphatic heterocycles. The van der Waals surface area contributed by atoms with Gasteiger partial charge in [0.15, 0.2) is 0 Å². The summed E-state index contributed by atoms with van der Waals surface area (Å²) in [5.41, 5.74) is 0.520. The molecule has 1 aromatic rings. The van der Waals surface area contributed by atoms with Gasteiger partial charge in [-0.2, -0.15) is 0 Å². The average Bonchev–Trinajstić information content (AvgIpc) is 2.82. The van der Waals surface area contributed by atoms with E-state index in [1.807, 2.05) is 12.1 Å². The summed E-state index contributed by atoms with van der Waals surface area (Å²) in [6.07, 6.45) is 1.12. The largest absolute Gasteiger partial charge is 0.352 e. The molecule has 1 amide bonds. The van der Waals surface area contributed by atoms with Gasteiger partial charge in [0.25, 0.3) is 5.91 Å². The number of amides is 1. The molecule has 17 heavy (non-hydrogen) atoms. The summed E-state index contributed by atoms with van der Waals surface area (Å²) in [5, 5.41) is 6.66. The van der Waals surface area contributed by atoms with Crippen molar-refractivity contribution in [3.05, 3.63) is 33.3 Å². The molecular weight excluding hydrogens is 304 g/mol. The second-order valence-electron chi connectivity index (χ2n) is 4.17. The third-order valence-corrected chi connectivity index (χ3v) is 4.21. The molecule has 0 aromatic heterocycles. The Kier molecular flexibility index (Phi) is 4.42. The Morgan fingerprint density at radius 2 is 2.41 bits per heavy atom. The number of halogens is 2. The summed E-state index contributed by atoms with van der Waals surface area (Å²) >= 11 is 9.37. The van der Waals surface area contributed by atoms with Crippen molar-refractivity contribution in [2.24, 2.45) is 5.92 Å². The first-order valence-corrected chi connectivity index (χ1v) is 6.78. The first kappa shape index (κ1) is 12.9. The van der Waals surface area contributed by atoms with E-state index in [2.05, 4.69) is 26.6 Å². The Labute approximate surface area is 114 Å². The molecule has 1 saturated heterocycles. The fraction of sp³-hybridized carbons (Fsp3) is 0.417. The number of carbonyl (C=O) groups is 1. The van der Waals surface area contributed by atoms with Gasteiger partial charge in [0.2, 0.25) is 0 Å². The zero-order chi connectivity index (χ0) is 12.3. The van der Waals surface area contributed by atoms with Crippen LogP contribution in [0.5, 0.6) is 0 Å². The molecule has 3 nitrogen and oxygen atoms in total. The highest BCUT2D eigenvalue weighted by Crippen LogP contribution is 2.25. The smallest absolute Gasteiger partial charge is 0.252 e. The van der Waals surface area contributed by atoms with Gasteiger partial charge in [0.1, 0.15) is 0 Å². The molecular formula is C12H14BrClN2O. The Morgan fingerprint density at radius 3 is 3.12 bits per heavy atom. The molecule has 1 unspecified atom stereocenters. The van der Waals surface area contributed by atoms with Crippen LogP contribution in [0.15, 0.2) is 22.7 Å². The van der Waals surface area contributed by atoms with E-state index in [9.17, 15) is 4.79 Å². The zero-order valence-corrected chi connectivity index (χ0v) is 11.6. The van der Waals surface area contributed by atoms with Crippen LogP contribution >= 0.6 is 27.5 Å². The SMILES string of the molecule is O=C(NCC1CCNC1)c1cccc(Br)c1Cl. The molecule has 0 spiro atoms. The highest BCUT2D eigenvalue weighted by molar-refractivity contribution is 9.10. The van der Waals surface area contributed by atoms with Crippen LogP contribution < -0.4 is 10.6 Å². The third kappa shape index (κ3) is 3.21. The van der Waals surface area contributed by atoms with Crippen LogP contribution in [0.4, 0.5) is 0 Å². The van der Waals surface area contributed by atoms with E-state index < -0.39 is 0 Å². The first-order valence-electron chi connectivity index (χ1n) is 5.61. The number of hydrogen-bond donors (Lipinski definition) is 2. The molecule has 2 N–H and O–H groups in total. The summed E-state index contributed by atoms with van der Waals surface area (Å²) in [4.78, 5) is 11.9. The Balaban J connectivity index is 1.97. The number of benzene rings is 1. The monoisotopic (exact) mass is 316 g/mol. The van der Waals surface area contributed by atoms with Gasteiger partial charge in [0.05, 0.1) is 10.6 Å². The van der Waals surface area contributed by atoms with Crippen molar-refractivity contribution in [1.82, 2.24) is 10.6 Å². The van der Waals surface area contributed by atoms with Crippen LogP contribution in [-0.2, 0) is 0 Å². The van der Waals surface area contributed by atoms with E-state index in [0.717, 1.165) is 24.0 Å². The summed E-state index contributed by atoms with van der Waals surface area (Å²) in [6.45, 7) is 2.72. The van der Waals surface area contributed by atoms with Gasteiger partial charge >= 0.3 is 0 Å². The Morgan fingerprint density at radius 1 is 1.59 bits per heavy atom. The summed E-state index contributed by atoms with van der Waals surface area (Å²) in [7, 11) is 0. The number of nitrogens with one attached hydrogen (secondary N) is 2. The Hall–Kier alpha value is -0.580.